The average molecular weight is 394 g/mol. The van der Waals surface area contributed by atoms with Crippen LogP contribution < -0.4 is 15.4 Å². The first-order chi connectivity index (χ1) is 12.8. The number of rotatable bonds is 6. The summed E-state index contributed by atoms with van der Waals surface area (Å²) in [5, 5.41) is 19.4. The number of anilines is 2. The molecule has 10 heteroatoms. The minimum Gasteiger partial charge on any atom is -0.379 e. The van der Waals surface area contributed by atoms with E-state index in [1.165, 1.54) is 24.3 Å². The van der Waals surface area contributed by atoms with Crippen LogP contribution in [-0.2, 0) is 10.0 Å². The van der Waals surface area contributed by atoms with Gasteiger partial charge in [0.15, 0.2) is 4.90 Å². The molecule has 8 nitrogen and oxygen atoms in total. The lowest BCUT2D eigenvalue weighted by Gasteiger charge is -2.19. The van der Waals surface area contributed by atoms with Crippen molar-refractivity contribution in [2.75, 3.05) is 29.9 Å². The summed E-state index contributed by atoms with van der Waals surface area (Å²) in [5.74, 6) is -0.0917. The van der Waals surface area contributed by atoms with Crippen LogP contribution in [-0.4, -0.2) is 33.0 Å². The fourth-order valence-electron chi connectivity index (χ4n) is 3.22. The Morgan fingerprint density at radius 2 is 1.96 bits per heavy atom. The van der Waals surface area contributed by atoms with Crippen molar-refractivity contribution in [3.8, 4) is 0 Å². The summed E-state index contributed by atoms with van der Waals surface area (Å²) in [5.41, 5.74) is 0.487. The van der Waals surface area contributed by atoms with Crippen molar-refractivity contribution in [2.24, 2.45) is 11.1 Å². The highest BCUT2D eigenvalue weighted by Gasteiger charge is 2.28. The topological polar surface area (TPSA) is 119 Å². The molecule has 3 rings (SSSR count). The number of hydrogen-bond donors (Lipinski definition) is 2. The van der Waals surface area contributed by atoms with Gasteiger partial charge in [-0.3, -0.25) is 10.1 Å². The van der Waals surface area contributed by atoms with Crippen LogP contribution in [0.1, 0.15) is 6.42 Å². The first-order valence-corrected chi connectivity index (χ1v) is 9.85. The van der Waals surface area contributed by atoms with E-state index in [-0.39, 0.29) is 17.4 Å². The Bertz CT molecular complexity index is 950. The van der Waals surface area contributed by atoms with E-state index in [0.717, 1.165) is 24.7 Å². The van der Waals surface area contributed by atoms with E-state index < -0.39 is 25.5 Å². The molecule has 0 saturated carbocycles. The smallest absolute Gasteiger partial charge is 0.312 e. The van der Waals surface area contributed by atoms with Crippen LogP contribution in [0.25, 0.3) is 0 Å². The quantitative estimate of drug-likeness (QED) is 0.573. The number of benzene rings is 2. The number of primary sulfonamides is 1. The van der Waals surface area contributed by atoms with Gasteiger partial charge in [0.1, 0.15) is 11.5 Å². The second kappa shape index (κ2) is 7.49. The molecule has 0 aliphatic carbocycles. The highest BCUT2D eigenvalue weighted by Crippen LogP contribution is 2.32. The lowest BCUT2D eigenvalue weighted by molar-refractivity contribution is -0.386. The number of nitrogens with one attached hydrogen (secondary N) is 1. The first kappa shape index (κ1) is 19.1. The van der Waals surface area contributed by atoms with Gasteiger partial charge in [0.05, 0.1) is 4.92 Å². The SMILES string of the molecule is NS(=O)(=O)c1cccc(NCC2CCN(c3ccc(F)cc3)C2)c1[N+](=O)[O-]. The minimum atomic E-state index is -4.21. The van der Waals surface area contributed by atoms with Gasteiger partial charge in [-0.05, 0) is 48.7 Å². The Morgan fingerprint density at radius 3 is 2.59 bits per heavy atom. The molecule has 3 N–H and O–H groups in total. The molecule has 1 fully saturated rings. The summed E-state index contributed by atoms with van der Waals surface area (Å²) in [6.07, 6.45) is 0.854. The highest BCUT2D eigenvalue weighted by atomic mass is 32.2. The van der Waals surface area contributed by atoms with E-state index >= 15 is 0 Å². The van der Waals surface area contributed by atoms with Gasteiger partial charge >= 0.3 is 5.69 Å². The summed E-state index contributed by atoms with van der Waals surface area (Å²) in [6.45, 7) is 1.94. The maximum Gasteiger partial charge on any atom is 0.312 e. The van der Waals surface area contributed by atoms with Gasteiger partial charge in [0, 0.05) is 25.3 Å². The number of sulfonamides is 1. The van der Waals surface area contributed by atoms with Gasteiger partial charge in [-0.1, -0.05) is 6.07 Å². The second-order valence-corrected chi connectivity index (χ2v) is 7.94. The number of para-hydroxylation sites is 1. The average Bonchev–Trinajstić information content (AvgIpc) is 3.08. The highest BCUT2D eigenvalue weighted by molar-refractivity contribution is 7.89. The molecule has 0 bridgehead atoms. The summed E-state index contributed by atoms with van der Waals surface area (Å²) >= 11 is 0. The molecular formula is C17H19FN4O4S. The van der Waals surface area contributed by atoms with Crippen molar-refractivity contribution in [1.29, 1.82) is 0 Å². The maximum absolute atomic E-state index is 13.0. The molecule has 1 aliphatic rings. The van der Waals surface area contributed by atoms with Crippen molar-refractivity contribution in [1.82, 2.24) is 0 Å². The standard InChI is InChI=1S/C17H19FN4O4S/c18-13-4-6-14(7-5-13)21-9-8-12(11-21)10-20-15-2-1-3-16(27(19,25)26)17(15)22(23)24/h1-7,12,20H,8-11H2,(H2,19,25,26). The maximum atomic E-state index is 13.0. The number of nitrogens with zero attached hydrogens (tertiary/aromatic N) is 2. The van der Waals surface area contributed by atoms with Crippen LogP contribution in [0.3, 0.4) is 0 Å². The van der Waals surface area contributed by atoms with Crippen molar-refractivity contribution < 1.29 is 17.7 Å². The molecule has 0 spiro atoms. The third kappa shape index (κ3) is 4.34. The predicted octanol–water partition coefficient (Wildman–Crippen LogP) is 2.32. The van der Waals surface area contributed by atoms with Crippen LogP contribution in [0.4, 0.5) is 21.5 Å². The van der Waals surface area contributed by atoms with Crippen LogP contribution in [0.2, 0.25) is 0 Å². The van der Waals surface area contributed by atoms with Gasteiger partial charge < -0.3 is 10.2 Å². The van der Waals surface area contributed by atoms with E-state index in [0.29, 0.717) is 13.1 Å². The summed E-state index contributed by atoms with van der Waals surface area (Å²) in [7, 11) is -4.21. The first-order valence-electron chi connectivity index (χ1n) is 8.30. The molecule has 2 aromatic rings. The Kier molecular flexibility index (Phi) is 5.29. The number of halogens is 1. The number of nitrogens with two attached hydrogens (primary N) is 1. The lowest BCUT2D eigenvalue weighted by Crippen LogP contribution is -2.23. The Labute approximate surface area is 156 Å². The molecule has 2 aromatic carbocycles. The molecule has 27 heavy (non-hydrogen) atoms. The van der Waals surface area contributed by atoms with Crippen molar-refractivity contribution in [3.05, 3.63) is 58.4 Å². The summed E-state index contributed by atoms with van der Waals surface area (Å²) in [4.78, 5) is 12.2. The zero-order valence-corrected chi connectivity index (χ0v) is 15.2. The molecule has 1 saturated heterocycles. The van der Waals surface area contributed by atoms with Crippen molar-refractivity contribution in [3.63, 3.8) is 0 Å². The minimum absolute atomic E-state index is 0.117. The van der Waals surface area contributed by atoms with Crippen LogP contribution in [0.15, 0.2) is 47.4 Å². The van der Waals surface area contributed by atoms with Crippen LogP contribution in [0, 0.1) is 21.8 Å². The van der Waals surface area contributed by atoms with Gasteiger partial charge in [-0.15, -0.1) is 0 Å². The number of hydrogen-bond acceptors (Lipinski definition) is 6. The van der Waals surface area contributed by atoms with Crippen LogP contribution in [0.5, 0.6) is 0 Å². The van der Waals surface area contributed by atoms with E-state index in [2.05, 4.69) is 10.2 Å². The Morgan fingerprint density at radius 1 is 1.26 bits per heavy atom. The predicted molar refractivity (Wildman–Crippen MR) is 99.7 cm³/mol. The third-order valence-corrected chi connectivity index (χ3v) is 5.49. The largest absolute Gasteiger partial charge is 0.379 e. The summed E-state index contributed by atoms with van der Waals surface area (Å²) in [6, 6.07) is 10.2. The molecule has 0 aromatic heterocycles. The number of nitro benzene ring substituents is 1. The molecule has 1 heterocycles. The molecule has 144 valence electrons. The normalized spacial score (nSPS) is 17.1. The van der Waals surface area contributed by atoms with E-state index in [4.69, 9.17) is 5.14 Å². The monoisotopic (exact) mass is 394 g/mol. The zero-order valence-electron chi connectivity index (χ0n) is 14.3. The van der Waals surface area contributed by atoms with E-state index in [9.17, 15) is 22.9 Å². The van der Waals surface area contributed by atoms with Crippen molar-refractivity contribution >= 4 is 27.1 Å². The van der Waals surface area contributed by atoms with Crippen LogP contribution >= 0.6 is 0 Å². The van der Waals surface area contributed by atoms with Gasteiger partial charge in [-0.25, -0.2) is 17.9 Å². The van der Waals surface area contributed by atoms with E-state index in [1.807, 2.05) is 0 Å². The molecular weight excluding hydrogens is 375 g/mol. The molecule has 0 radical (unpaired) electrons. The fourth-order valence-corrected chi connectivity index (χ4v) is 3.95. The number of nitro groups is 1. The van der Waals surface area contributed by atoms with E-state index in [1.54, 1.807) is 12.1 Å². The molecule has 1 atom stereocenters. The van der Waals surface area contributed by atoms with Gasteiger partial charge in [-0.2, -0.15) is 0 Å². The Hall–Kier alpha value is -2.72. The molecule has 1 unspecified atom stereocenters. The second-order valence-electron chi connectivity index (χ2n) is 6.41. The summed E-state index contributed by atoms with van der Waals surface area (Å²) < 4.78 is 36.3. The zero-order chi connectivity index (χ0) is 19.6. The third-order valence-electron chi connectivity index (χ3n) is 4.55. The molecule has 0 amide bonds. The fraction of sp³-hybridized carbons (Fsp3) is 0.294. The Balaban J connectivity index is 1.71. The lowest BCUT2D eigenvalue weighted by atomic mass is 10.1. The van der Waals surface area contributed by atoms with Crippen molar-refractivity contribution in [2.45, 2.75) is 11.3 Å². The molecule has 1 aliphatic heterocycles. The van der Waals surface area contributed by atoms with Gasteiger partial charge in [0.2, 0.25) is 10.0 Å². The van der Waals surface area contributed by atoms with Gasteiger partial charge in [0.25, 0.3) is 0 Å².